The quantitative estimate of drug-likeness (QED) is 0.164. The molecule has 2 heterocycles. The molecule has 382 valence electrons. The maximum Gasteiger partial charge on any atom is 0.0722 e. The normalized spacial score (nSPS) is 14.2. The van der Waals surface area contributed by atoms with Crippen molar-refractivity contribution in [1.29, 1.82) is 0 Å². The SMILES string of the molecule is Cc1cccc(N(c2ccc(C(C)(C)C)cc2)c2cc3c(c4sc5ccccc5c24)-c2c(cc(N(c4ccc(C(C)(C)C)cc4)c4cccc(C)c4)c4c2sc2ccccc24)C32c3ccccc3C(C)(C)c3ccccc32)c1. The molecule has 2 aliphatic carbocycles. The highest BCUT2D eigenvalue weighted by Gasteiger charge is 2.55. The van der Waals surface area contributed by atoms with Gasteiger partial charge in [0.05, 0.1) is 16.8 Å². The summed E-state index contributed by atoms with van der Waals surface area (Å²) in [5, 5.41) is 5.13. The number of anilines is 6. The molecular weight excluding hydrogens is 981 g/mol. The lowest BCUT2D eigenvalue weighted by Crippen LogP contribution is -2.40. The first kappa shape index (κ1) is 48.6. The minimum atomic E-state index is -0.728. The predicted octanol–water partition coefficient (Wildman–Crippen LogP) is 21.6. The zero-order valence-electron chi connectivity index (χ0n) is 46.3. The van der Waals surface area contributed by atoms with Crippen molar-refractivity contribution in [3.8, 4) is 11.1 Å². The molecule has 0 bridgehead atoms. The van der Waals surface area contributed by atoms with Crippen molar-refractivity contribution < 1.29 is 0 Å². The first-order chi connectivity index (χ1) is 37.5. The van der Waals surface area contributed by atoms with E-state index in [0.717, 1.165) is 22.7 Å². The topological polar surface area (TPSA) is 6.48 Å². The molecule has 2 aliphatic rings. The van der Waals surface area contributed by atoms with E-state index in [4.69, 9.17) is 0 Å². The van der Waals surface area contributed by atoms with Crippen LogP contribution in [-0.4, -0.2) is 0 Å². The van der Waals surface area contributed by atoms with E-state index in [1.165, 1.54) is 118 Å². The summed E-state index contributed by atoms with van der Waals surface area (Å²) in [6, 6.07) is 79.6. The summed E-state index contributed by atoms with van der Waals surface area (Å²) in [4.78, 5) is 5.15. The van der Waals surface area contributed by atoms with Gasteiger partial charge in [0.1, 0.15) is 0 Å². The van der Waals surface area contributed by atoms with E-state index in [0.29, 0.717) is 0 Å². The second-order valence-electron chi connectivity index (χ2n) is 24.6. The van der Waals surface area contributed by atoms with E-state index in [1.807, 2.05) is 22.7 Å². The maximum atomic E-state index is 2.66. The second kappa shape index (κ2) is 17.4. The molecule has 2 nitrogen and oxygen atoms in total. The van der Waals surface area contributed by atoms with Gasteiger partial charge in [-0.25, -0.2) is 0 Å². The summed E-state index contributed by atoms with van der Waals surface area (Å²) in [6.07, 6.45) is 0. The van der Waals surface area contributed by atoms with Gasteiger partial charge in [-0.05, 0) is 153 Å². The summed E-state index contributed by atoms with van der Waals surface area (Å²) < 4.78 is 5.22. The van der Waals surface area contributed by atoms with Crippen LogP contribution in [0, 0.1) is 13.8 Å². The lowest BCUT2D eigenvalue weighted by molar-refractivity contribution is 0.563. The Labute approximate surface area is 467 Å². The van der Waals surface area contributed by atoms with E-state index < -0.39 is 5.41 Å². The van der Waals surface area contributed by atoms with Crippen molar-refractivity contribution in [2.75, 3.05) is 9.80 Å². The van der Waals surface area contributed by atoms with Gasteiger partial charge in [-0.1, -0.05) is 189 Å². The average Bonchev–Trinajstić information content (AvgIpc) is 2.40. The number of thiophene rings is 2. The van der Waals surface area contributed by atoms with Crippen LogP contribution >= 0.6 is 22.7 Å². The number of aryl methyl sites for hydroxylation is 2. The molecule has 0 aliphatic heterocycles. The van der Waals surface area contributed by atoms with Gasteiger partial charge in [-0.15, -0.1) is 22.7 Å². The molecule has 12 aromatic rings. The number of nitrogens with zero attached hydrogens (tertiary/aromatic N) is 2. The zero-order valence-corrected chi connectivity index (χ0v) is 48.0. The standard InChI is InChI=1S/C74H64N2S2/c1-45-21-19-23-51(41-45)75(49-37-33-47(34-38-49)71(3,4)5)61-43-59-67(69-65(61)53-25-11-17-31-63(53)77-69)68-60(74(59)57-29-15-13-27-55(57)73(9,10)56-28-14-16-30-58(56)74)44-62(66-54-26-12-18-32-64(54)78-70(66)68)76(52-24-20-22-46(2)42-52)50-39-35-48(36-40-50)72(6,7)8/h11-44H,1-10H3. The van der Waals surface area contributed by atoms with Gasteiger partial charge in [0.15, 0.2) is 0 Å². The maximum absolute atomic E-state index is 2.66. The molecule has 0 saturated heterocycles. The van der Waals surface area contributed by atoms with E-state index >= 15 is 0 Å². The lowest BCUT2D eigenvalue weighted by Gasteiger charge is -2.47. The third-order valence-electron chi connectivity index (χ3n) is 17.3. The minimum Gasteiger partial charge on any atom is -0.310 e. The van der Waals surface area contributed by atoms with Gasteiger partial charge in [0, 0.05) is 79.6 Å². The van der Waals surface area contributed by atoms with E-state index in [2.05, 4.69) is 285 Å². The number of rotatable bonds is 6. The number of fused-ring (bicyclic) bond motifs is 17. The third kappa shape index (κ3) is 7.11. The minimum absolute atomic E-state index is 0.00632. The van der Waals surface area contributed by atoms with Crippen LogP contribution in [0.4, 0.5) is 34.1 Å². The van der Waals surface area contributed by atoms with Crippen LogP contribution < -0.4 is 9.80 Å². The van der Waals surface area contributed by atoms with Gasteiger partial charge in [0.2, 0.25) is 0 Å². The highest BCUT2D eigenvalue weighted by Crippen LogP contribution is 2.68. The van der Waals surface area contributed by atoms with Crippen LogP contribution in [0.1, 0.15) is 111 Å². The molecule has 1 spiro atoms. The Balaban J connectivity index is 1.20. The summed E-state index contributed by atoms with van der Waals surface area (Å²) in [6.45, 7) is 23.2. The van der Waals surface area contributed by atoms with Crippen LogP contribution in [0.3, 0.4) is 0 Å². The molecule has 0 unspecified atom stereocenters. The Morgan fingerprint density at radius 3 is 1.12 bits per heavy atom. The Morgan fingerprint density at radius 1 is 0.359 bits per heavy atom. The second-order valence-corrected chi connectivity index (χ2v) is 26.8. The fourth-order valence-corrected chi connectivity index (χ4v) is 16.1. The van der Waals surface area contributed by atoms with Crippen LogP contribution in [-0.2, 0) is 21.7 Å². The number of hydrogen-bond donors (Lipinski definition) is 0. The van der Waals surface area contributed by atoms with Crippen LogP contribution in [0.5, 0.6) is 0 Å². The van der Waals surface area contributed by atoms with Crippen molar-refractivity contribution in [2.45, 2.75) is 90.9 Å². The summed E-state index contributed by atoms with van der Waals surface area (Å²) in [5.74, 6) is 0. The first-order valence-corrected chi connectivity index (χ1v) is 29.3. The van der Waals surface area contributed by atoms with Crippen molar-refractivity contribution in [2.24, 2.45) is 0 Å². The van der Waals surface area contributed by atoms with Crippen LogP contribution in [0.2, 0.25) is 0 Å². The predicted molar refractivity (Wildman–Crippen MR) is 338 cm³/mol. The highest BCUT2D eigenvalue weighted by molar-refractivity contribution is 7.27. The molecule has 2 aromatic heterocycles. The van der Waals surface area contributed by atoms with Gasteiger partial charge in [-0.2, -0.15) is 0 Å². The summed E-state index contributed by atoms with van der Waals surface area (Å²) in [5.41, 5.74) is 21.8. The van der Waals surface area contributed by atoms with Gasteiger partial charge >= 0.3 is 0 Å². The molecule has 0 N–H and O–H groups in total. The molecule has 0 fully saturated rings. The molecule has 10 aromatic carbocycles. The van der Waals surface area contributed by atoms with E-state index in [-0.39, 0.29) is 16.2 Å². The molecule has 14 rings (SSSR count). The highest BCUT2D eigenvalue weighted by atomic mass is 32.1. The Kier molecular flexibility index (Phi) is 10.8. The molecule has 78 heavy (non-hydrogen) atoms. The monoisotopic (exact) mass is 1040 g/mol. The average molecular weight is 1050 g/mol. The molecule has 0 saturated carbocycles. The molecule has 0 radical (unpaired) electrons. The summed E-state index contributed by atoms with van der Waals surface area (Å²) in [7, 11) is 0. The fraction of sp³-hybridized carbons (Fsp3) is 0.189. The lowest BCUT2D eigenvalue weighted by atomic mass is 9.55. The van der Waals surface area contributed by atoms with Crippen molar-refractivity contribution in [3.63, 3.8) is 0 Å². The molecule has 0 atom stereocenters. The fourth-order valence-electron chi connectivity index (χ4n) is 13.5. The van der Waals surface area contributed by atoms with Crippen molar-refractivity contribution in [3.05, 3.63) is 262 Å². The van der Waals surface area contributed by atoms with E-state index in [1.54, 1.807) is 0 Å². The molecule has 4 heteroatoms. The van der Waals surface area contributed by atoms with E-state index in [9.17, 15) is 0 Å². The first-order valence-electron chi connectivity index (χ1n) is 27.7. The Bertz CT molecular complexity index is 4120. The smallest absolute Gasteiger partial charge is 0.0722 e. The van der Waals surface area contributed by atoms with Gasteiger partial charge in [-0.3, -0.25) is 0 Å². The van der Waals surface area contributed by atoms with Gasteiger partial charge < -0.3 is 9.80 Å². The Hall–Kier alpha value is -7.76. The van der Waals surface area contributed by atoms with Crippen LogP contribution in [0.25, 0.3) is 51.5 Å². The Morgan fingerprint density at radius 2 is 0.731 bits per heavy atom. The number of hydrogen-bond acceptors (Lipinski definition) is 4. The summed E-state index contributed by atoms with van der Waals surface area (Å²) >= 11 is 3.93. The third-order valence-corrected chi connectivity index (χ3v) is 19.7. The van der Waals surface area contributed by atoms with Crippen LogP contribution in [0.15, 0.2) is 206 Å². The molecule has 0 amide bonds. The van der Waals surface area contributed by atoms with Gasteiger partial charge in [0.25, 0.3) is 0 Å². The number of benzene rings is 10. The van der Waals surface area contributed by atoms with Crippen molar-refractivity contribution >= 4 is 97.1 Å². The molecular formula is C74H64N2S2. The largest absolute Gasteiger partial charge is 0.310 e. The van der Waals surface area contributed by atoms with Crippen molar-refractivity contribution in [1.82, 2.24) is 0 Å². The zero-order chi connectivity index (χ0) is 53.6.